The fourth-order valence-electron chi connectivity index (χ4n) is 6.26. The highest BCUT2D eigenvalue weighted by Gasteiger charge is 2.25. The van der Waals surface area contributed by atoms with Crippen molar-refractivity contribution in [3.63, 3.8) is 0 Å². The number of ether oxygens (including phenoxy) is 3. The standard InChI is InChI=1S/C46H83NO7/c1-6-8-10-12-14-16-18-20-22-23-25-26-28-30-32-34-36-44(48)53-41-42(40-52-39-38-43(46(50)51)47(3,4)5)54-45(49)37-35-33-31-29-27-24-21-19-17-15-13-11-9-7-2/h13,15,19,21-23,42-43H,6-12,14,16-18,20,24-41H2,1-5H3/b15-13-,21-19-,23-22-. The number of carboxylic acids is 1. The van der Waals surface area contributed by atoms with Gasteiger partial charge in [-0.2, -0.15) is 0 Å². The molecule has 0 aliphatic rings. The highest BCUT2D eigenvalue weighted by molar-refractivity contribution is 5.70. The molecule has 0 bridgehead atoms. The van der Waals surface area contributed by atoms with Gasteiger partial charge in [-0.15, -0.1) is 0 Å². The average molecular weight is 762 g/mol. The number of carbonyl (C=O) groups is 3. The Morgan fingerprint density at radius 3 is 1.50 bits per heavy atom. The molecule has 314 valence electrons. The molecule has 0 amide bonds. The summed E-state index contributed by atoms with van der Waals surface area (Å²) in [6, 6.07) is -0.728. The van der Waals surface area contributed by atoms with Gasteiger partial charge < -0.3 is 28.6 Å². The van der Waals surface area contributed by atoms with E-state index in [1.165, 1.54) is 77.0 Å². The van der Waals surface area contributed by atoms with Crippen molar-refractivity contribution in [3.8, 4) is 0 Å². The lowest BCUT2D eigenvalue weighted by Crippen LogP contribution is -2.55. The number of hydrogen-bond acceptors (Lipinski definition) is 7. The van der Waals surface area contributed by atoms with E-state index in [1.807, 2.05) is 0 Å². The predicted molar refractivity (Wildman–Crippen MR) is 222 cm³/mol. The van der Waals surface area contributed by atoms with E-state index in [9.17, 15) is 19.5 Å². The normalized spacial score (nSPS) is 13.3. The number of aliphatic carboxylic acids is 1. The zero-order chi connectivity index (χ0) is 40.0. The van der Waals surface area contributed by atoms with Gasteiger partial charge in [0.15, 0.2) is 6.10 Å². The van der Waals surface area contributed by atoms with Gasteiger partial charge in [0, 0.05) is 19.3 Å². The second-order valence-electron chi connectivity index (χ2n) is 15.9. The van der Waals surface area contributed by atoms with Crippen molar-refractivity contribution in [2.75, 3.05) is 41.0 Å². The van der Waals surface area contributed by atoms with Crippen LogP contribution in [0.4, 0.5) is 0 Å². The highest BCUT2D eigenvalue weighted by atomic mass is 16.6. The third-order valence-corrected chi connectivity index (χ3v) is 9.75. The van der Waals surface area contributed by atoms with Gasteiger partial charge in [0.25, 0.3) is 0 Å². The van der Waals surface area contributed by atoms with Crippen LogP contribution in [0.15, 0.2) is 36.5 Å². The summed E-state index contributed by atoms with van der Waals surface area (Å²) in [6.07, 6.45) is 41.6. The minimum atomic E-state index is -1.13. The first kappa shape index (κ1) is 51.5. The molecule has 0 fully saturated rings. The number of esters is 2. The summed E-state index contributed by atoms with van der Waals surface area (Å²) in [6.45, 7) is 4.60. The van der Waals surface area contributed by atoms with Gasteiger partial charge in [-0.3, -0.25) is 9.59 Å². The summed E-state index contributed by atoms with van der Waals surface area (Å²) in [5.74, 6) is -1.76. The van der Waals surface area contributed by atoms with Crippen LogP contribution in [0.3, 0.4) is 0 Å². The minimum Gasteiger partial charge on any atom is -0.544 e. The van der Waals surface area contributed by atoms with Gasteiger partial charge in [-0.25, -0.2) is 0 Å². The van der Waals surface area contributed by atoms with Crippen LogP contribution < -0.4 is 5.11 Å². The number of likely N-dealkylation sites (N-methyl/N-ethyl adjacent to an activating group) is 1. The number of allylic oxidation sites excluding steroid dienone is 6. The summed E-state index contributed by atoms with van der Waals surface area (Å²) in [5, 5.41) is 11.6. The zero-order valence-corrected chi connectivity index (χ0v) is 35.6. The number of carboxylic acid groups (broad SMARTS) is 1. The number of carbonyl (C=O) groups excluding carboxylic acids is 3. The molecule has 0 aromatic carbocycles. The summed E-state index contributed by atoms with van der Waals surface area (Å²) < 4.78 is 17.1. The van der Waals surface area contributed by atoms with Crippen LogP contribution in [0, 0.1) is 0 Å². The topological polar surface area (TPSA) is 102 Å². The third kappa shape index (κ3) is 35.3. The van der Waals surface area contributed by atoms with E-state index in [0.29, 0.717) is 12.8 Å². The Balaban J connectivity index is 4.37. The number of rotatable bonds is 39. The summed E-state index contributed by atoms with van der Waals surface area (Å²) in [7, 11) is 5.40. The molecule has 0 rings (SSSR count). The van der Waals surface area contributed by atoms with Crippen molar-refractivity contribution in [2.24, 2.45) is 0 Å². The smallest absolute Gasteiger partial charge is 0.306 e. The molecule has 0 saturated heterocycles. The van der Waals surface area contributed by atoms with Crippen LogP contribution in [0.5, 0.6) is 0 Å². The maximum atomic E-state index is 12.7. The molecule has 0 aliphatic heterocycles. The molecular weight excluding hydrogens is 679 g/mol. The van der Waals surface area contributed by atoms with Crippen molar-refractivity contribution in [3.05, 3.63) is 36.5 Å². The highest BCUT2D eigenvalue weighted by Crippen LogP contribution is 2.13. The van der Waals surface area contributed by atoms with Gasteiger partial charge >= 0.3 is 11.9 Å². The quantitative estimate of drug-likeness (QED) is 0.0266. The van der Waals surface area contributed by atoms with E-state index >= 15 is 0 Å². The number of quaternary nitrogens is 1. The van der Waals surface area contributed by atoms with E-state index in [0.717, 1.165) is 77.0 Å². The van der Waals surface area contributed by atoms with E-state index in [1.54, 1.807) is 21.1 Å². The van der Waals surface area contributed by atoms with Gasteiger partial charge in [-0.05, 0) is 64.2 Å². The predicted octanol–water partition coefficient (Wildman–Crippen LogP) is 10.5. The molecule has 0 radical (unpaired) electrons. The molecule has 0 spiro atoms. The monoisotopic (exact) mass is 762 g/mol. The SMILES string of the molecule is CCCC/C=C\C/C=C\CCCCCCCC(=O)OC(COCCC(C(=O)[O-])[N+](C)(C)C)COC(=O)CCCCCCC/C=C\CCCCCCCCC. The van der Waals surface area contributed by atoms with Crippen LogP contribution in [0.1, 0.15) is 187 Å². The lowest BCUT2D eigenvalue weighted by molar-refractivity contribution is -0.889. The van der Waals surface area contributed by atoms with E-state index in [-0.39, 0.29) is 42.7 Å². The van der Waals surface area contributed by atoms with Gasteiger partial charge in [0.05, 0.1) is 40.3 Å². The Labute approximate surface area is 332 Å². The number of nitrogens with zero attached hydrogens (tertiary/aromatic N) is 1. The van der Waals surface area contributed by atoms with Gasteiger partial charge in [-0.1, -0.05) is 140 Å². The summed E-state index contributed by atoms with van der Waals surface area (Å²) in [4.78, 5) is 36.8. The first-order valence-corrected chi connectivity index (χ1v) is 22.0. The van der Waals surface area contributed by atoms with Crippen molar-refractivity contribution in [2.45, 2.75) is 199 Å². The Morgan fingerprint density at radius 2 is 1.00 bits per heavy atom. The Morgan fingerprint density at radius 1 is 0.556 bits per heavy atom. The molecule has 0 N–H and O–H groups in total. The number of unbranched alkanes of at least 4 members (excludes halogenated alkanes) is 19. The second kappa shape index (κ2) is 37.5. The van der Waals surface area contributed by atoms with Crippen molar-refractivity contribution in [1.82, 2.24) is 0 Å². The summed E-state index contributed by atoms with van der Waals surface area (Å²) >= 11 is 0. The Hall–Kier alpha value is -2.45. The van der Waals surface area contributed by atoms with Crippen LogP contribution in [0.2, 0.25) is 0 Å². The fourth-order valence-corrected chi connectivity index (χ4v) is 6.26. The lowest BCUT2D eigenvalue weighted by atomic mass is 10.1. The zero-order valence-electron chi connectivity index (χ0n) is 35.6. The largest absolute Gasteiger partial charge is 0.544 e. The molecule has 0 saturated carbocycles. The molecule has 8 nitrogen and oxygen atoms in total. The molecule has 8 heteroatoms. The van der Waals surface area contributed by atoms with Crippen LogP contribution >= 0.6 is 0 Å². The Bertz CT molecular complexity index is 984. The second-order valence-corrected chi connectivity index (χ2v) is 15.9. The molecule has 0 aromatic rings. The first-order valence-electron chi connectivity index (χ1n) is 22.0. The van der Waals surface area contributed by atoms with Crippen LogP contribution in [-0.2, 0) is 28.6 Å². The first-order chi connectivity index (χ1) is 26.1. The van der Waals surface area contributed by atoms with Crippen LogP contribution in [-0.4, -0.2) is 75.5 Å². The lowest BCUT2D eigenvalue weighted by Gasteiger charge is -2.34. The molecule has 2 unspecified atom stereocenters. The fraction of sp³-hybridized carbons (Fsp3) is 0.804. The molecule has 54 heavy (non-hydrogen) atoms. The van der Waals surface area contributed by atoms with E-state index in [2.05, 4.69) is 50.3 Å². The molecule has 0 heterocycles. The summed E-state index contributed by atoms with van der Waals surface area (Å²) in [5.41, 5.74) is 0. The van der Waals surface area contributed by atoms with E-state index < -0.39 is 18.1 Å². The van der Waals surface area contributed by atoms with Crippen molar-refractivity contribution < 1.29 is 38.2 Å². The van der Waals surface area contributed by atoms with Crippen molar-refractivity contribution >= 4 is 17.9 Å². The Kier molecular flexibility index (Phi) is 35.8. The third-order valence-electron chi connectivity index (χ3n) is 9.75. The van der Waals surface area contributed by atoms with Crippen molar-refractivity contribution in [1.29, 1.82) is 0 Å². The molecule has 0 aromatic heterocycles. The molecule has 0 aliphatic carbocycles. The molecular formula is C46H83NO7. The number of hydrogen-bond donors (Lipinski definition) is 0. The molecule has 2 atom stereocenters. The van der Waals surface area contributed by atoms with E-state index in [4.69, 9.17) is 14.2 Å². The maximum Gasteiger partial charge on any atom is 0.306 e. The average Bonchev–Trinajstić information content (AvgIpc) is 3.12. The van der Waals surface area contributed by atoms with Gasteiger partial charge in [0.1, 0.15) is 12.6 Å². The van der Waals surface area contributed by atoms with Crippen LogP contribution in [0.25, 0.3) is 0 Å². The van der Waals surface area contributed by atoms with Gasteiger partial charge in [0.2, 0.25) is 0 Å². The minimum absolute atomic E-state index is 0.0332. The maximum absolute atomic E-state index is 12.7.